The fraction of sp³-hybridized carbons (Fsp3) is 0.200. The maximum absolute atomic E-state index is 13.4. The molecule has 2 aliphatic rings. The van der Waals surface area contributed by atoms with E-state index in [0.29, 0.717) is 17.7 Å². The molecule has 0 spiro atoms. The molecule has 2 aromatic carbocycles. The number of amides is 1. The highest BCUT2D eigenvalue weighted by molar-refractivity contribution is 7.10. The maximum atomic E-state index is 13.4. The van der Waals surface area contributed by atoms with Crippen molar-refractivity contribution in [3.05, 3.63) is 99.8 Å². The number of fused-ring (bicyclic) bond motifs is 1. The molecular formula is C25H22N2O3S. The number of thiophene rings is 1. The first-order valence-corrected chi connectivity index (χ1v) is 11.2. The summed E-state index contributed by atoms with van der Waals surface area (Å²) in [6.45, 7) is 2.08. The molecule has 0 N–H and O–H groups in total. The van der Waals surface area contributed by atoms with Crippen molar-refractivity contribution in [1.82, 2.24) is 10.0 Å². The minimum absolute atomic E-state index is 0.0199. The lowest BCUT2D eigenvalue weighted by Gasteiger charge is -2.32. The topological polar surface area (TPSA) is 49.9 Å². The first-order valence-electron chi connectivity index (χ1n) is 10.4. The zero-order valence-electron chi connectivity index (χ0n) is 17.1. The number of esters is 1. The Bertz CT molecular complexity index is 1130. The van der Waals surface area contributed by atoms with Gasteiger partial charge in [0, 0.05) is 10.4 Å². The van der Waals surface area contributed by atoms with Gasteiger partial charge in [-0.1, -0.05) is 66.7 Å². The molecule has 1 aromatic heterocycles. The van der Waals surface area contributed by atoms with Gasteiger partial charge >= 0.3 is 5.97 Å². The van der Waals surface area contributed by atoms with Gasteiger partial charge in [-0.25, -0.2) is 9.80 Å². The summed E-state index contributed by atoms with van der Waals surface area (Å²) in [5, 5.41) is 5.78. The summed E-state index contributed by atoms with van der Waals surface area (Å²) in [7, 11) is 0. The van der Waals surface area contributed by atoms with Crippen molar-refractivity contribution in [2.75, 3.05) is 6.61 Å². The van der Waals surface area contributed by atoms with Crippen molar-refractivity contribution in [3.63, 3.8) is 0 Å². The Morgan fingerprint density at radius 1 is 1.03 bits per heavy atom. The minimum Gasteiger partial charge on any atom is -0.463 e. The number of carbonyl (C=O) groups is 2. The van der Waals surface area contributed by atoms with Gasteiger partial charge in [0.2, 0.25) is 5.91 Å². The fourth-order valence-corrected chi connectivity index (χ4v) is 5.31. The van der Waals surface area contributed by atoms with Gasteiger partial charge in [-0.15, -0.1) is 11.3 Å². The van der Waals surface area contributed by atoms with Crippen LogP contribution in [0.15, 0.2) is 83.7 Å². The summed E-state index contributed by atoms with van der Waals surface area (Å²) in [6, 6.07) is 23.1. The SMILES string of the molecule is CCOC(=O)C1=C(c2ccccc2)N2C(=O)C[C@H](c3ccccc3)N2[C@@H]1c1cccs1. The Morgan fingerprint density at radius 2 is 1.74 bits per heavy atom. The number of nitrogens with zero attached hydrogens (tertiary/aromatic N) is 2. The number of rotatable bonds is 5. The predicted molar refractivity (Wildman–Crippen MR) is 120 cm³/mol. The third-order valence-corrected chi connectivity index (χ3v) is 6.62. The molecule has 1 amide bonds. The summed E-state index contributed by atoms with van der Waals surface area (Å²) >= 11 is 1.58. The lowest BCUT2D eigenvalue weighted by molar-refractivity contribution is -0.140. The molecule has 1 fully saturated rings. The Hall–Kier alpha value is -3.22. The third kappa shape index (κ3) is 3.28. The summed E-state index contributed by atoms with van der Waals surface area (Å²) in [4.78, 5) is 27.7. The molecule has 5 nitrogen and oxygen atoms in total. The van der Waals surface area contributed by atoms with Gasteiger partial charge in [0.05, 0.1) is 36.4 Å². The van der Waals surface area contributed by atoms with Crippen molar-refractivity contribution in [2.24, 2.45) is 0 Å². The molecule has 2 aliphatic heterocycles. The third-order valence-electron chi connectivity index (χ3n) is 5.70. The van der Waals surface area contributed by atoms with Crippen LogP contribution in [0.3, 0.4) is 0 Å². The van der Waals surface area contributed by atoms with Crippen molar-refractivity contribution in [3.8, 4) is 0 Å². The van der Waals surface area contributed by atoms with Crippen LogP contribution < -0.4 is 0 Å². The van der Waals surface area contributed by atoms with Crippen LogP contribution in [0.25, 0.3) is 5.70 Å². The van der Waals surface area contributed by atoms with E-state index in [4.69, 9.17) is 4.74 Å². The van der Waals surface area contributed by atoms with Gasteiger partial charge < -0.3 is 4.74 Å². The van der Waals surface area contributed by atoms with Gasteiger partial charge in [-0.2, -0.15) is 5.01 Å². The van der Waals surface area contributed by atoms with E-state index >= 15 is 0 Å². The highest BCUT2D eigenvalue weighted by Crippen LogP contribution is 2.53. The summed E-state index contributed by atoms with van der Waals surface area (Å²) in [5.41, 5.74) is 3.03. The molecule has 3 heterocycles. The normalized spacial score (nSPS) is 20.9. The molecule has 6 heteroatoms. The van der Waals surface area contributed by atoms with Crippen LogP contribution in [-0.2, 0) is 14.3 Å². The minimum atomic E-state index is -0.383. The number of hydrogen-bond acceptors (Lipinski definition) is 5. The lowest BCUT2D eigenvalue weighted by atomic mass is 9.96. The monoisotopic (exact) mass is 430 g/mol. The molecule has 156 valence electrons. The van der Waals surface area contributed by atoms with Gasteiger partial charge in [0.25, 0.3) is 0 Å². The number of hydrazine groups is 1. The largest absolute Gasteiger partial charge is 0.463 e. The average molecular weight is 431 g/mol. The summed E-state index contributed by atoms with van der Waals surface area (Å²) in [6.07, 6.45) is 0.359. The van der Waals surface area contributed by atoms with Gasteiger partial charge in [0.15, 0.2) is 0 Å². The first kappa shape index (κ1) is 19.7. The second-order valence-corrected chi connectivity index (χ2v) is 8.46. The Kier molecular flexibility index (Phi) is 5.18. The Balaban J connectivity index is 1.74. The van der Waals surface area contributed by atoms with Crippen LogP contribution in [0, 0.1) is 0 Å². The Labute approximate surface area is 185 Å². The van der Waals surface area contributed by atoms with Crippen molar-refractivity contribution < 1.29 is 14.3 Å². The molecule has 31 heavy (non-hydrogen) atoms. The first-order chi connectivity index (χ1) is 15.2. The van der Waals surface area contributed by atoms with Gasteiger partial charge in [-0.05, 0) is 23.9 Å². The number of carbonyl (C=O) groups excluding carboxylic acids is 2. The number of benzene rings is 2. The predicted octanol–water partition coefficient (Wildman–Crippen LogP) is 4.97. The lowest BCUT2D eigenvalue weighted by Crippen LogP contribution is -2.36. The van der Waals surface area contributed by atoms with E-state index < -0.39 is 0 Å². The molecule has 0 radical (unpaired) electrons. The van der Waals surface area contributed by atoms with E-state index in [1.54, 1.807) is 23.3 Å². The van der Waals surface area contributed by atoms with E-state index in [9.17, 15) is 9.59 Å². The van der Waals surface area contributed by atoms with E-state index in [1.807, 2.05) is 78.2 Å². The molecule has 0 aliphatic carbocycles. The van der Waals surface area contributed by atoms with Crippen molar-refractivity contribution >= 4 is 28.9 Å². The van der Waals surface area contributed by atoms with Gasteiger partial charge in [0.1, 0.15) is 0 Å². The van der Waals surface area contributed by atoms with Crippen molar-refractivity contribution in [2.45, 2.75) is 25.4 Å². The molecule has 0 saturated carbocycles. The second-order valence-electron chi connectivity index (χ2n) is 7.48. The molecule has 2 atom stereocenters. The molecule has 0 bridgehead atoms. The van der Waals surface area contributed by atoms with E-state index in [0.717, 1.165) is 16.0 Å². The van der Waals surface area contributed by atoms with Crippen LogP contribution in [0.5, 0.6) is 0 Å². The van der Waals surface area contributed by atoms with E-state index in [1.165, 1.54) is 0 Å². The number of hydrogen-bond donors (Lipinski definition) is 0. The smallest absolute Gasteiger partial charge is 0.338 e. The van der Waals surface area contributed by atoms with Crippen molar-refractivity contribution in [1.29, 1.82) is 0 Å². The standard InChI is InChI=1S/C25H22N2O3S/c1-2-30-25(29)22-23(18-12-7-4-8-13-18)27-21(28)16-19(17-10-5-3-6-11-17)26(27)24(22)20-14-9-15-31-20/h3-15,19,24H,2,16H2,1H3/t19-,24-/m1/s1. The van der Waals surface area contributed by atoms with Gasteiger partial charge in [-0.3, -0.25) is 4.79 Å². The summed E-state index contributed by atoms with van der Waals surface area (Å²) < 4.78 is 5.49. The molecule has 0 unspecified atom stereocenters. The van der Waals surface area contributed by atoms with Crippen LogP contribution in [0.2, 0.25) is 0 Å². The highest BCUT2D eigenvalue weighted by Gasteiger charge is 2.54. The van der Waals surface area contributed by atoms with Crippen LogP contribution in [0.4, 0.5) is 0 Å². The van der Waals surface area contributed by atoms with Crippen LogP contribution >= 0.6 is 11.3 Å². The highest BCUT2D eigenvalue weighted by atomic mass is 32.1. The summed E-state index contributed by atoms with van der Waals surface area (Å²) in [5.74, 6) is -0.401. The molecule has 3 aromatic rings. The Morgan fingerprint density at radius 3 is 2.39 bits per heavy atom. The van der Waals surface area contributed by atoms with E-state index in [-0.39, 0.29) is 30.6 Å². The average Bonchev–Trinajstić information content (AvgIpc) is 3.51. The quantitative estimate of drug-likeness (QED) is 0.537. The van der Waals surface area contributed by atoms with E-state index in [2.05, 4.69) is 5.01 Å². The fourth-order valence-electron chi connectivity index (χ4n) is 4.48. The molecular weight excluding hydrogens is 408 g/mol. The second kappa shape index (κ2) is 8.13. The maximum Gasteiger partial charge on any atom is 0.338 e. The zero-order valence-corrected chi connectivity index (χ0v) is 17.9. The van der Waals surface area contributed by atoms with Crippen LogP contribution in [-0.4, -0.2) is 28.5 Å². The molecule has 5 rings (SSSR count). The molecule has 1 saturated heterocycles. The number of ether oxygens (including phenoxy) is 1. The zero-order chi connectivity index (χ0) is 21.4. The van der Waals surface area contributed by atoms with Crippen LogP contribution in [0.1, 0.15) is 41.4 Å².